The smallest absolute Gasteiger partial charge is 0.338 e. The Hall–Kier alpha value is -3.93. The lowest BCUT2D eigenvalue weighted by atomic mass is 10.1. The molecule has 0 spiro atoms. The van der Waals surface area contributed by atoms with Gasteiger partial charge < -0.3 is 25.2 Å². The Morgan fingerprint density at radius 2 is 2.00 bits per heavy atom. The summed E-state index contributed by atoms with van der Waals surface area (Å²) in [7, 11) is 0. The topological polar surface area (TPSA) is 93.3 Å². The van der Waals surface area contributed by atoms with Crippen molar-refractivity contribution in [3.8, 4) is 11.1 Å². The number of H-pyrrole nitrogens is 1. The maximum absolute atomic E-state index is 12.5. The van der Waals surface area contributed by atoms with Gasteiger partial charge in [0, 0.05) is 17.4 Å². The van der Waals surface area contributed by atoms with Gasteiger partial charge in [-0.1, -0.05) is 12.1 Å². The van der Waals surface area contributed by atoms with Crippen molar-refractivity contribution in [1.82, 2.24) is 4.98 Å². The molecular formula is C23H21N3O3. The number of esters is 1. The van der Waals surface area contributed by atoms with E-state index in [1.54, 1.807) is 36.9 Å². The minimum atomic E-state index is -0.390. The second-order valence-corrected chi connectivity index (χ2v) is 6.69. The molecule has 2 heterocycles. The SMILES string of the molecule is CC(OC(=O)c1cccc(Nc2ccc(-c3ccoc3)cc2N)c1)c1ccc[nH]1. The first kappa shape index (κ1) is 18.4. The quantitative estimate of drug-likeness (QED) is 0.299. The molecule has 6 nitrogen and oxygen atoms in total. The number of aromatic nitrogens is 1. The molecule has 29 heavy (non-hydrogen) atoms. The molecule has 4 rings (SSSR count). The largest absolute Gasteiger partial charge is 0.472 e. The number of hydrogen-bond acceptors (Lipinski definition) is 5. The van der Waals surface area contributed by atoms with Crippen LogP contribution in [0.15, 0.2) is 83.8 Å². The molecule has 0 aliphatic rings. The predicted octanol–water partition coefficient (Wildman–Crippen LogP) is 5.52. The van der Waals surface area contributed by atoms with Gasteiger partial charge in [0.15, 0.2) is 0 Å². The standard InChI is InChI=1S/C23H21N3O3/c1-15(21-6-3-10-25-21)29-23(27)17-4-2-5-19(12-17)26-22-8-7-16(13-20(22)24)18-9-11-28-14-18/h2-15,25-26H,24H2,1H3. The molecular weight excluding hydrogens is 366 g/mol. The van der Waals surface area contributed by atoms with E-state index in [4.69, 9.17) is 14.9 Å². The number of anilines is 3. The molecule has 0 amide bonds. The van der Waals surface area contributed by atoms with Crippen LogP contribution in [0.4, 0.5) is 17.1 Å². The first-order valence-corrected chi connectivity index (χ1v) is 9.23. The van der Waals surface area contributed by atoms with Crippen LogP contribution in [0.5, 0.6) is 0 Å². The number of nitrogens with two attached hydrogens (primary N) is 1. The molecule has 1 atom stereocenters. The summed E-state index contributed by atoms with van der Waals surface area (Å²) < 4.78 is 10.7. The number of benzene rings is 2. The van der Waals surface area contributed by atoms with E-state index in [-0.39, 0.29) is 12.1 Å². The third-order valence-electron chi connectivity index (χ3n) is 4.63. The molecule has 0 aliphatic heterocycles. The number of carbonyl (C=O) groups is 1. The highest BCUT2D eigenvalue weighted by molar-refractivity contribution is 5.91. The summed E-state index contributed by atoms with van der Waals surface area (Å²) in [6.45, 7) is 1.83. The number of nitrogens with one attached hydrogen (secondary N) is 2. The zero-order valence-corrected chi connectivity index (χ0v) is 15.9. The normalized spacial score (nSPS) is 11.8. The van der Waals surface area contributed by atoms with Gasteiger partial charge in [-0.2, -0.15) is 0 Å². The van der Waals surface area contributed by atoms with E-state index in [9.17, 15) is 4.79 Å². The molecule has 0 fully saturated rings. The van der Waals surface area contributed by atoms with Gasteiger partial charge in [0.2, 0.25) is 0 Å². The van der Waals surface area contributed by atoms with Crippen LogP contribution in [-0.2, 0) is 4.74 Å². The van der Waals surface area contributed by atoms with E-state index in [1.165, 1.54) is 0 Å². The van der Waals surface area contributed by atoms with Crippen LogP contribution < -0.4 is 11.1 Å². The summed E-state index contributed by atoms with van der Waals surface area (Å²) in [5, 5.41) is 3.26. The molecule has 6 heteroatoms. The summed E-state index contributed by atoms with van der Waals surface area (Å²) in [5.74, 6) is -0.390. The van der Waals surface area contributed by atoms with Crippen LogP contribution in [0, 0.1) is 0 Å². The second-order valence-electron chi connectivity index (χ2n) is 6.69. The van der Waals surface area contributed by atoms with Crippen LogP contribution in [-0.4, -0.2) is 11.0 Å². The van der Waals surface area contributed by atoms with Crippen molar-refractivity contribution in [3.63, 3.8) is 0 Å². The molecule has 0 radical (unpaired) electrons. The molecule has 2 aromatic carbocycles. The number of aromatic amines is 1. The van der Waals surface area contributed by atoms with Crippen molar-refractivity contribution in [2.24, 2.45) is 0 Å². The highest BCUT2D eigenvalue weighted by Gasteiger charge is 2.15. The maximum Gasteiger partial charge on any atom is 0.338 e. The number of furan rings is 1. The summed E-state index contributed by atoms with van der Waals surface area (Å²) in [6, 6.07) is 18.5. The van der Waals surface area contributed by atoms with Crippen LogP contribution >= 0.6 is 0 Å². The second kappa shape index (κ2) is 7.98. The van der Waals surface area contributed by atoms with Crippen molar-refractivity contribution < 1.29 is 13.9 Å². The fraction of sp³-hybridized carbons (Fsp3) is 0.0870. The zero-order chi connectivity index (χ0) is 20.2. The monoisotopic (exact) mass is 387 g/mol. The molecule has 0 bridgehead atoms. The fourth-order valence-corrected chi connectivity index (χ4v) is 3.05. The van der Waals surface area contributed by atoms with Gasteiger partial charge in [-0.15, -0.1) is 0 Å². The summed E-state index contributed by atoms with van der Waals surface area (Å²) in [5.41, 5.74) is 11.5. The van der Waals surface area contributed by atoms with Crippen molar-refractivity contribution in [2.75, 3.05) is 11.1 Å². The average molecular weight is 387 g/mol. The predicted molar refractivity (Wildman–Crippen MR) is 113 cm³/mol. The molecule has 0 aliphatic carbocycles. The third-order valence-corrected chi connectivity index (χ3v) is 4.63. The van der Waals surface area contributed by atoms with E-state index in [0.717, 1.165) is 28.2 Å². The Morgan fingerprint density at radius 3 is 2.72 bits per heavy atom. The minimum absolute atomic E-state index is 0.361. The van der Waals surface area contributed by atoms with Gasteiger partial charge in [-0.3, -0.25) is 0 Å². The maximum atomic E-state index is 12.5. The molecule has 146 valence electrons. The van der Waals surface area contributed by atoms with Crippen LogP contribution in [0.25, 0.3) is 11.1 Å². The fourth-order valence-electron chi connectivity index (χ4n) is 3.05. The Morgan fingerprint density at radius 1 is 1.10 bits per heavy atom. The number of carbonyl (C=O) groups excluding carboxylic acids is 1. The molecule has 4 aromatic rings. The Kier molecular flexibility index (Phi) is 5.07. The summed E-state index contributed by atoms with van der Waals surface area (Å²) in [4.78, 5) is 15.5. The van der Waals surface area contributed by atoms with E-state index < -0.39 is 0 Å². The summed E-state index contributed by atoms with van der Waals surface area (Å²) >= 11 is 0. The first-order chi connectivity index (χ1) is 14.1. The van der Waals surface area contributed by atoms with Crippen LogP contribution in [0.2, 0.25) is 0 Å². The molecule has 0 saturated carbocycles. The van der Waals surface area contributed by atoms with Crippen LogP contribution in [0.1, 0.15) is 29.1 Å². The van der Waals surface area contributed by atoms with Gasteiger partial charge in [-0.25, -0.2) is 4.79 Å². The lowest BCUT2D eigenvalue weighted by molar-refractivity contribution is 0.0330. The number of ether oxygens (including phenoxy) is 1. The van der Waals surface area contributed by atoms with Crippen molar-refractivity contribution in [2.45, 2.75) is 13.0 Å². The number of hydrogen-bond donors (Lipinski definition) is 3. The van der Waals surface area contributed by atoms with Crippen molar-refractivity contribution >= 4 is 23.0 Å². The Bertz CT molecular complexity index is 1100. The van der Waals surface area contributed by atoms with Gasteiger partial charge in [0.1, 0.15) is 6.10 Å². The number of nitrogen functional groups attached to an aromatic ring is 1. The highest BCUT2D eigenvalue weighted by Crippen LogP contribution is 2.29. The lowest BCUT2D eigenvalue weighted by Gasteiger charge is -2.14. The van der Waals surface area contributed by atoms with Gasteiger partial charge >= 0.3 is 5.97 Å². The average Bonchev–Trinajstić information content (AvgIpc) is 3.44. The van der Waals surface area contributed by atoms with Crippen LogP contribution in [0.3, 0.4) is 0 Å². The number of rotatable bonds is 6. The van der Waals surface area contributed by atoms with Gasteiger partial charge in [0.05, 0.1) is 35.2 Å². The Labute approximate surface area is 168 Å². The van der Waals surface area contributed by atoms with Crippen molar-refractivity contribution in [3.05, 3.63) is 90.6 Å². The molecule has 1 unspecified atom stereocenters. The van der Waals surface area contributed by atoms with Gasteiger partial charge in [-0.05, 0) is 61.0 Å². The van der Waals surface area contributed by atoms with Gasteiger partial charge in [0.25, 0.3) is 0 Å². The van der Waals surface area contributed by atoms with E-state index in [2.05, 4.69) is 10.3 Å². The minimum Gasteiger partial charge on any atom is -0.472 e. The van der Waals surface area contributed by atoms with E-state index in [1.807, 2.05) is 49.4 Å². The van der Waals surface area contributed by atoms with E-state index >= 15 is 0 Å². The highest BCUT2D eigenvalue weighted by atomic mass is 16.5. The lowest BCUT2D eigenvalue weighted by Crippen LogP contribution is -2.09. The van der Waals surface area contributed by atoms with Crippen molar-refractivity contribution in [1.29, 1.82) is 0 Å². The molecule has 4 N–H and O–H groups in total. The third kappa shape index (κ3) is 4.16. The van der Waals surface area contributed by atoms with E-state index in [0.29, 0.717) is 11.3 Å². The molecule has 0 saturated heterocycles. The first-order valence-electron chi connectivity index (χ1n) is 9.23. The molecule has 2 aromatic heterocycles. The summed E-state index contributed by atoms with van der Waals surface area (Å²) in [6.07, 6.45) is 4.73. The zero-order valence-electron chi connectivity index (χ0n) is 15.9. The Balaban J connectivity index is 1.48.